The molecule has 0 aromatic heterocycles. The van der Waals surface area contributed by atoms with E-state index in [1.54, 1.807) is 24.3 Å². The van der Waals surface area contributed by atoms with Crippen LogP contribution in [0.15, 0.2) is 59.9 Å². The van der Waals surface area contributed by atoms with E-state index in [9.17, 15) is 27.9 Å². The third kappa shape index (κ3) is 5.11. The van der Waals surface area contributed by atoms with Gasteiger partial charge in [0, 0.05) is 20.2 Å². The van der Waals surface area contributed by atoms with Gasteiger partial charge in [-0.2, -0.15) is 13.2 Å². The van der Waals surface area contributed by atoms with E-state index >= 15 is 0 Å². The number of hydrogen-bond acceptors (Lipinski definition) is 5. The maximum absolute atomic E-state index is 13.7. The molecule has 1 atom stereocenters. The molecule has 1 unspecified atom stereocenters. The molecule has 2 amide bonds. The van der Waals surface area contributed by atoms with Crippen molar-refractivity contribution in [2.45, 2.75) is 18.8 Å². The molecule has 0 fully saturated rings. The van der Waals surface area contributed by atoms with E-state index in [-0.39, 0.29) is 25.3 Å². The minimum Gasteiger partial charge on any atom is -0.503 e. The number of methoxy groups -OCH3 is 2. The van der Waals surface area contributed by atoms with Crippen molar-refractivity contribution >= 4 is 11.8 Å². The van der Waals surface area contributed by atoms with E-state index < -0.39 is 40.9 Å². The lowest BCUT2D eigenvalue weighted by atomic mass is 9.93. The molecule has 2 aromatic rings. The van der Waals surface area contributed by atoms with Gasteiger partial charge >= 0.3 is 6.18 Å². The molecular weight excluding hydrogens is 441 g/mol. The Hall–Kier alpha value is -3.53. The fourth-order valence-electron chi connectivity index (χ4n) is 3.64. The van der Waals surface area contributed by atoms with E-state index in [0.717, 1.165) is 11.0 Å². The zero-order chi connectivity index (χ0) is 24.2. The second-order valence-electron chi connectivity index (χ2n) is 7.27. The van der Waals surface area contributed by atoms with E-state index in [2.05, 4.69) is 5.32 Å². The number of ether oxygens (including phenoxy) is 2. The van der Waals surface area contributed by atoms with Crippen LogP contribution in [0.4, 0.5) is 13.2 Å². The van der Waals surface area contributed by atoms with Gasteiger partial charge in [-0.1, -0.05) is 30.3 Å². The monoisotopic (exact) mass is 464 g/mol. The van der Waals surface area contributed by atoms with Crippen molar-refractivity contribution < 1.29 is 37.3 Å². The summed E-state index contributed by atoms with van der Waals surface area (Å²) in [6.45, 7) is -0.0878. The molecular formula is C23H23F3N2O5. The first-order valence-electron chi connectivity index (χ1n) is 9.99. The first kappa shape index (κ1) is 24.1. The van der Waals surface area contributed by atoms with Crippen molar-refractivity contribution in [2.24, 2.45) is 0 Å². The minimum absolute atomic E-state index is 0.00442. The third-order valence-electron chi connectivity index (χ3n) is 5.26. The fraction of sp³-hybridized carbons (Fsp3) is 0.304. The summed E-state index contributed by atoms with van der Waals surface area (Å²) in [6, 6.07) is 10.0. The number of carbonyl (C=O) groups is 2. The predicted octanol–water partition coefficient (Wildman–Crippen LogP) is 3.37. The summed E-state index contributed by atoms with van der Waals surface area (Å²) in [5, 5.41) is 13.1. The molecule has 0 aliphatic carbocycles. The molecule has 1 heterocycles. The molecule has 33 heavy (non-hydrogen) atoms. The SMILES string of the molecule is COCCN1C(=O)C(O)=C(C(=O)NCc2ccc(OC)cc2)C1c1ccccc1C(F)(F)F. The summed E-state index contributed by atoms with van der Waals surface area (Å²) >= 11 is 0. The van der Waals surface area contributed by atoms with E-state index in [1.807, 2.05) is 0 Å². The fourth-order valence-corrected chi connectivity index (χ4v) is 3.64. The topological polar surface area (TPSA) is 88.1 Å². The first-order valence-corrected chi connectivity index (χ1v) is 9.99. The molecule has 0 spiro atoms. The molecule has 176 valence electrons. The number of aliphatic hydroxyl groups is 1. The lowest BCUT2D eigenvalue weighted by molar-refractivity contribution is -0.140. The van der Waals surface area contributed by atoms with Crippen LogP contribution < -0.4 is 10.1 Å². The number of halogens is 3. The first-order chi connectivity index (χ1) is 15.7. The number of amides is 2. The van der Waals surface area contributed by atoms with Gasteiger partial charge in [0.2, 0.25) is 0 Å². The van der Waals surface area contributed by atoms with Gasteiger partial charge < -0.3 is 24.8 Å². The van der Waals surface area contributed by atoms with Crippen LogP contribution in [0.25, 0.3) is 0 Å². The average molecular weight is 464 g/mol. The Morgan fingerprint density at radius 2 is 1.79 bits per heavy atom. The molecule has 0 saturated heterocycles. The van der Waals surface area contributed by atoms with Crippen LogP contribution in [0.2, 0.25) is 0 Å². The quantitative estimate of drug-likeness (QED) is 0.626. The average Bonchev–Trinajstić information content (AvgIpc) is 3.05. The highest BCUT2D eigenvalue weighted by Gasteiger charge is 2.46. The van der Waals surface area contributed by atoms with Gasteiger partial charge in [0.1, 0.15) is 5.75 Å². The predicted molar refractivity (Wildman–Crippen MR) is 112 cm³/mol. The molecule has 3 rings (SSSR count). The normalized spacial score (nSPS) is 16.3. The number of alkyl halides is 3. The van der Waals surface area contributed by atoms with Gasteiger partial charge in [-0.25, -0.2) is 0 Å². The van der Waals surface area contributed by atoms with Crippen molar-refractivity contribution in [1.29, 1.82) is 0 Å². The van der Waals surface area contributed by atoms with Gasteiger partial charge in [0.25, 0.3) is 11.8 Å². The summed E-state index contributed by atoms with van der Waals surface area (Å²) in [5.74, 6) is -2.06. The second kappa shape index (κ2) is 9.95. The van der Waals surface area contributed by atoms with Crippen molar-refractivity contribution in [3.63, 3.8) is 0 Å². The van der Waals surface area contributed by atoms with Crippen LogP contribution in [-0.4, -0.2) is 49.2 Å². The molecule has 10 heteroatoms. The highest BCUT2D eigenvalue weighted by Crippen LogP contribution is 2.43. The van der Waals surface area contributed by atoms with Gasteiger partial charge in [-0.3, -0.25) is 9.59 Å². The number of nitrogens with zero attached hydrogens (tertiary/aromatic N) is 1. The Morgan fingerprint density at radius 1 is 1.12 bits per heavy atom. The van der Waals surface area contributed by atoms with Crippen molar-refractivity contribution in [3.8, 4) is 5.75 Å². The molecule has 0 saturated carbocycles. The van der Waals surface area contributed by atoms with E-state index in [1.165, 1.54) is 32.4 Å². The molecule has 1 aliphatic rings. The minimum atomic E-state index is -4.73. The van der Waals surface area contributed by atoms with Crippen LogP contribution in [0, 0.1) is 0 Å². The lowest BCUT2D eigenvalue weighted by Crippen LogP contribution is -2.36. The number of hydrogen-bond donors (Lipinski definition) is 2. The second-order valence-corrected chi connectivity index (χ2v) is 7.27. The van der Waals surface area contributed by atoms with Gasteiger partial charge in [-0.05, 0) is 29.3 Å². The third-order valence-corrected chi connectivity index (χ3v) is 5.26. The zero-order valence-corrected chi connectivity index (χ0v) is 18.0. The molecule has 0 radical (unpaired) electrons. The maximum Gasteiger partial charge on any atom is 0.416 e. The smallest absolute Gasteiger partial charge is 0.416 e. The lowest BCUT2D eigenvalue weighted by Gasteiger charge is -2.28. The summed E-state index contributed by atoms with van der Waals surface area (Å²) in [4.78, 5) is 26.7. The highest BCUT2D eigenvalue weighted by atomic mass is 19.4. The molecule has 2 aromatic carbocycles. The van der Waals surface area contributed by atoms with Gasteiger partial charge in [0.15, 0.2) is 5.76 Å². The van der Waals surface area contributed by atoms with Crippen LogP contribution in [-0.2, 0) is 27.0 Å². The molecule has 2 N–H and O–H groups in total. The summed E-state index contributed by atoms with van der Waals surface area (Å²) in [5.41, 5.74) is -1.06. The molecule has 1 aliphatic heterocycles. The standard InChI is InChI=1S/C23H23F3N2O5/c1-32-12-11-28-19(16-5-3-4-6-17(16)23(24,25)26)18(20(29)22(28)31)21(30)27-13-14-7-9-15(33-2)10-8-14/h3-10,19,29H,11-13H2,1-2H3,(H,27,30). The Kier molecular flexibility index (Phi) is 7.27. The number of rotatable bonds is 8. The van der Waals surface area contributed by atoms with Crippen LogP contribution >= 0.6 is 0 Å². The number of nitrogens with one attached hydrogen (secondary N) is 1. The Balaban J connectivity index is 1.96. The Labute approximate surface area is 188 Å². The highest BCUT2D eigenvalue weighted by molar-refractivity contribution is 6.08. The summed E-state index contributed by atoms with van der Waals surface area (Å²) < 4.78 is 51.2. The van der Waals surface area contributed by atoms with Crippen molar-refractivity contribution in [3.05, 3.63) is 76.6 Å². The van der Waals surface area contributed by atoms with E-state index in [4.69, 9.17) is 9.47 Å². The van der Waals surface area contributed by atoms with Gasteiger partial charge in [-0.15, -0.1) is 0 Å². The Bertz CT molecular complexity index is 1050. The van der Waals surface area contributed by atoms with Crippen molar-refractivity contribution in [1.82, 2.24) is 10.2 Å². The zero-order valence-electron chi connectivity index (χ0n) is 18.0. The van der Waals surface area contributed by atoms with Crippen LogP contribution in [0.1, 0.15) is 22.7 Å². The number of aliphatic hydroxyl groups excluding tert-OH is 1. The van der Waals surface area contributed by atoms with E-state index in [0.29, 0.717) is 11.3 Å². The van der Waals surface area contributed by atoms with Crippen molar-refractivity contribution in [2.75, 3.05) is 27.4 Å². The van der Waals surface area contributed by atoms with Crippen LogP contribution in [0.5, 0.6) is 5.75 Å². The molecule has 7 nitrogen and oxygen atoms in total. The van der Waals surface area contributed by atoms with Crippen LogP contribution in [0.3, 0.4) is 0 Å². The summed E-state index contributed by atoms with van der Waals surface area (Å²) in [7, 11) is 2.88. The maximum atomic E-state index is 13.7. The largest absolute Gasteiger partial charge is 0.503 e. The van der Waals surface area contributed by atoms with Gasteiger partial charge in [0.05, 0.1) is 30.9 Å². The number of carbonyl (C=O) groups excluding carboxylic acids is 2. The molecule has 0 bridgehead atoms. The number of benzene rings is 2. The summed E-state index contributed by atoms with van der Waals surface area (Å²) in [6.07, 6.45) is -4.73. The Morgan fingerprint density at radius 3 is 2.39 bits per heavy atom.